The first-order valence-electron chi connectivity index (χ1n) is 11.6. The summed E-state index contributed by atoms with van der Waals surface area (Å²) in [6.45, 7) is 0. The highest BCUT2D eigenvalue weighted by Gasteiger charge is 2.25. The van der Waals surface area contributed by atoms with Crippen LogP contribution in [-0.4, -0.2) is 46.7 Å². The molecule has 0 aliphatic carbocycles. The number of aliphatic hydroxyl groups excluding tert-OH is 2. The van der Waals surface area contributed by atoms with Gasteiger partial charge in [-0.2, -0.15) is 0 Å². The van der Waals surface area contributed by atoms with E-state index in [1.54, 1.807) is 13.2 Å². The van der Waals surface area contributed by atoms with Crippen LogP contribution < -0.4 is 10.1 Å². The van der Waals surface area contributed by atoms with Crippen molar-refractivity contribution in [2.75, 3.05) is 7.11 Å². The number of nitrogens with one attached hydrogen (secondary N) is 1. The van der Waals surface area contributed by atoms with Crippen LogP contribution in [0, 0.1) is 0 Å². The van der Waals surface area contributed by atoms with E-state index in [4.69, 9.17) is 4.74 Å². The second-order valence-electron chi connectivity index (χ2n) is 9.23. The normalized spacial score (nSPS) is 27.3. The quantitative estimate of drug-likeness (QED) is 0.556. The molecular formula is C26H35NO4. The van der Waals surface area contributed by atoms with E-state index in [9.17, 15) is 15.3 Å². The highest BCUT2D eigenvalue weighted by Crippen LogP contribution is 2.38. The number of fused-ring (bicyclic) bond motifs is 7. The number of aliphatic hydroxyl groups is 2. The molecule has 4 N–H and O–H groups in total. The molecule has 5 heteroatoms. The van der Waals surface area contributed by atoms with Gasteiger partial charge in [-0.3, -0.25) is 0 Å². The van der Waals surface area contributed by atoms with Crippen LogP contribution in [0.15, 0.2) is 36.4 Å². The Morgan fingerprint density at radius 3 is 2.00 bits per heavy atom. The molecule has 5 nitrogen and oxygen atoms in total. The zero-order valence-corrected chi connectivity index (χ0v) is 18.4. The first-order chi connectivity index (χ1) is 15.0. The number of piperidine rings is 1. The predicted octanol–water partition coefficient (Wildman–Crippen LogP) is 3.96. The molecule has 1 saturated heterocycles. The van der Waals surface area contributed by atoms with Crippen LogP contribution in [0.1, 0.15) is 56.1 Å². The van der Waals surface area contributed by atoms with Gasteiger partial charge in [0, 0.05) is 23.2 Å². The lowest BCUT2D eigenvalue weighted by atomic mass is 9.90. The van der Waals surface area contributed by atoms with Gasteiger partial charge in [0.25, 0.3) is 0 Å². The summed E-state index contributed by atoms with van der Waals surface area (Å²) in [5, 5.41) is 35.6. The van der Waals surface area contributed by atoms with Crippen molar-refractivity contribution in [1.29, 1.82) is 0 Å². The van der Waals surface area contributed by atoms with Gasteiger partial charge < -0.3 is 25.4 Å². The summed E-state index contributed by atoms with van der Waals surface area (Å²) in [6.07, 6.45) is 6.98. The zero-order chi connectivity index (χ0) is 21.8. The number of phenols is 1. The summed E-state index contributed by atoms with van der Waals surface area (Å²) in [7, 11) is 1.64. The Labute approximate surface area is 185 Å². The number of phenolic OH excluding ortho intramolecular Hbond substituents is 1. The van der Waals surface area contributed by atoms with Gasteiger partial charge in [0.2, 0.25) is 0 Å². The summed E-state index contributed by atoms with van der Waals surface area (Å²) in [6, 6.07) is 12.3. The van der Waals surface area contributed by atoms with Gasteiger partial charge in [-0.25, -0.2) is 0 Å². The van der Waals surface area contributed by atoms with E-state index in [-0.39, 0.29) is 18.0 Å². The number of benzene rings is 2. The van der Waals surface area contributed by atoms with Crippen molar-refractivity contribution in [2.24, 2.45) is 0 Å². The highest BCUT2D eigenvalue weighted by molar-refractivity contribution is 5.76. The molecule has 6 bridgehead atoms. The highest BCUT2D eigenvalue weighted by atomic mass is 16.5. The minimum atomic E-state index is -0.369. The van der Waals surface area contributed by atoms with Crippen molar-refractivity contribution >= 4 is 0 Å². The number of methoxy groups -OCH3 is 1. The third kappa shape index (κ3) is 5.59. The molecule has 4 atom stereocenters. The second-order valence-corrected chi connectivity index (χ2v) is 9.23. The van der Waals surface area contributed by atoms with Crippen LogP contribution in [-0.2, 0) is 12.8 Å². The summed E-state index contributed by atoms with van der Waals surface area (Å²) >= 11 is 0. The Balaban J connectivity index is 1.66. The largest absolute Gasteiger partial charge is 0.507 e. The van der Waals surface area contributed by atoms with Crippen LogP contribution in [0.25, 0.3) is 11.1 Å². The van der Waals surface area contributed by atoms with E-state index in [0.717, 1.165) is 67.2 Å². The minimum Gasteiger partial charge on any atom is -0.507 e. The first kappa shape index (κ1) is 22.1. The number of hydrogen-bond acceptors (Lipinski definition) is 5. The first-order valence-corrected chi connectivity index (χ1v) is 11.6. The van der Waals surface area contributed by atoms with Crippen molar-refractivity contribution < 1.29 is 20.1 Å². The molecule has 31 heavy (non-hydrogen) atoms. The van der Waals surface area contributed by atoms with Gasteiger partial charge in [-0.15, -0.1) is 0 Å². The zero-order valence-electron chi connectivity index (χ0n) is 18.4. The fourth-order valence-electron chi connectivity index (χ4n) is 5.12. The third-order valence-electron chi connectivity index (χ3n) is 6.84. The van der Waals surface area contributed by atoms with Gasteiger partial charge in [0.1, 0.15) is 11.5 Å². The van der Waals surface area contributed by atoms with Crippen LogP contribution in [0.2, 0.25) is 0 Å². The molecule has 2 aromatic carbocycles. The number of ether oxygens (including phenoxy) is 1. The monoisotopic (exact) mass is 425 g/mol. The lowest BCUT2D eigenvalue weighted by Crippen LogP contribution is -2.45. The minimum absolute atomic E-state index is 0.218. The standard InChI is InChI=1S/C26H35NO4/c1-31-26-12-8-18-6-10-22(29)16-20-4-2-3-19(27-20)15-21(28)9-5-17-7-11-25(30)23(13-17)24(26)14-18/h7-8,11-14,19-22,27-30H,2-6,9-10,15-16H2,1H3/t19-,20+,21-,22-/m0/s1. The van der Waals surface area contributed by atoms with Crippen molar-refractivity contribution in [3.63, 3.8) is 0 Å². The van der Waals surface area contributed by atoms with Crippen LogP contribution in [0.3, 0.4) is 0 Å². The maximum atomic E-state index is 10.7. The summed E-state index contributed by atoms with van der Waals surface area (Å²) < 4.78 is 5.58. The third-order valence-corrected chi connectivity index (χ3v) is 6.84. The molecule has 0 radical (unpaired) electrons. The van der Waals surface area contributed by atoms with Gasteiger partial charge in [0.15, 0.2) is 0 Å². The molecule has 168 valence electrons. The Morgan fingerprint density at radius 2 is 1.39 bits per heavy atom. The van der Waals surface area contributed by atoms with Crippen molar-refractivity contribution in [2.45, 2.75) is 82.1 Å². The lowest BCUT2D eigenvalue weighted by molar-refractivity contribution is 0.108. The molecule has 4 rings (SSSR count). The van der Waals surface area contributed by atoms with Crippen molar-refractivity contribution in [1.82, 2.24) is 5.32 Å². The Bertz CT molecular complexity index is 884. The summed E-state index contributed by atoms with van der Waals surface area (Å²) in [4.78, 5) is 0. The lowest BCUT2D eigenvalue weighted by Gasteiger charge is -2.33. The maximum Gasteiger partial charge on any atom is 0.126 e. The van der Waals surface area contributed by atoms with E-state index < -0.39 is 0 Å². The molecule has 0 amide bonds. The molecule has 2 heterocycles. The fraction of sp³-hybridized carbons (Fsp3) is 0.538. The number of hydrogen-bond donors (Lipinski definition) is 4. The Hall–Kier alpha value is -2.08. The number of rotatable bonds is 1. The van der Waals surface area contributed by atoms with E-state index in [0.29, 0.717) is 30.7 Å². The maximum absolute atomic E-state index is 10.7. The molecule has 0 aromatic heterocycles. The Kier molecular flexibility index (Phi) is 7.16. The van der Waals surface area contributed by atoms with Gasteiger partial charge >= 0.3 is 0 Å². The Morgan fingerprint density at radius 1 is 0.806 bits per heavy atom. The van der Waals surface area contributed by atoms with Gasteiger partial charge in [0.05, 0.1) is 19.3 Å². The fourth-order valence-corrected chi connectivity index (χ4v) is 5.12. The van der Waals surface area contributed by atoms with Crippen LogP contribution in [0.4, 0.5) is 0 Å². The van der Waals surface area contributed by atoms with Crippen LogP contribution >= 0.6 is 0 Å². The van der Waals surface area contributed by atoms with Crippen molar-refractivity contribution in [3.8, 4) is 22.6 Å². The topological polar surface area (TPSA) is 82.0 Å². The van der Waals surface area contributed by atoms with E-state index >= 15 is 0 Å². The van der Waals surface area contributed by atoms with E-state index in [1.165, 1.54) is 0 Å². The average Bonchev–Trinajstić information content (AvgIpc) is 2.76. The summed E-state index contributed by atoms with van der Waals surface area (Å²) in [5.74, 6) is 0.934. The molecule has 0 spiro atoms. The molecule has 1 fully saturated rings. The molecule has 2 aliphatic rings. The average molecular weight is 426 g/mol. The van der Waals surface area contributed by atoms with E-state index in [2.05, 4.69) is 11.4 Å². The number of aryl methyl sites for hydroxylation is 2. The van der Waals surface area contributed by atoms with Crippen LogP contribution in [0.5, 0.6) is 11.5 Å². The van der Waals surface area contributed by atoms with Crippen molar-refractivity contribution in [3.05, 3.63) is 47.5 Å². The smallest absolute Gasteiger partial charge is 0.126 e. The van der Waals surface area contributed by atoms with Gasteiger partial charge in [-0.1, -0.05) is 18.6 Å². The molecule has 2 aromatic rings. The summed E-state index contributed by atoms with van der Waals surface area (Å²) in [5.41, 5.74) is 3.81. The SMILES string of the molecule is COc1ccc2cc1-c1cc(ccc1O)CC[C@H](O)C[C@@H]1CCC[C@H](C[C@@H](O)CC2)N1. The second kappa shape index (κ2) is 10.0. The van der Waals surface area contributed by atoms with E-state index in [1.807, 2.05) is 24.3 Å². The predicted molar refractivity (Wildman–Crippen MR) is 123 cm³/mol. The molecule has 0 saturated carbocycles. The number of aromatic hydroxyl groups is 1. The molecular weight excluding hydrogens is 390 g/mol. The molecule has 0 unspecified atom stereocenters. The van der Waals surface area contributed by atoms with Gasteiger partial charge in [-0.05, 0) is 86.8 Å². The molecule has 2 aliphatic heterocycles.